The van der Waals surface area contributed by atoms with Crippen molar-refractivity contribution in [3.8, 4) is 0 Å². The molecule has 6 nitrogen and oxygen atoms in total. The van der Waals surface area contributed by atoms with Crippen molar-refractivity contribution in [1.82, 2.24) is 4.98 Å². The average molecular weight is 232 g/mol. The highest BCUT2D eigenvalue weighted by molar-refractivity contribution is 6.32. The molecule has 0 aliphatic carbocycles. The summed E-state index contributed by atoms with van der Waals surface area (Å²) < 4.78 is 0. The molecule has 0 radical (unpaired) electrons. The van der Waals surface area contributed by atoms with Gasteiger partial charge < -0.3 is 5.73 Å². The first kappa shape index (κ1) is 13.3. The summed E-state index contributed by atoms with van der Waals surface area (Å²) in [4.78, 5) is 23.7. The second-order valence-electron chi connectivity index (χ2n) is 2.15. The normalized spacial score (nSPS) is 8.73. The van der Waals surface area contributed by atoms with Crippen molar-refractivity contribution in [2.45, 2.75) is 13.8 Å². The number of halogens is 1. The molecule has 0 aromatic carbocycles. The van der Waals surface area contributed by atoms with Gasteiger partial charge in [0.15, 0.2) is 0 Å². The van der Waals surface area contributed by atoms with Crippen LogP contribution in [0, 0.1) is 10.1 Å². The molecule has 0 saturated heterocycles. The Morgan fingerprint density at radius 2 is 2.13 bits per heavy atom. The Bertz CT molecular complexity index is 381. The molecule has 1 rings (SSSR count). The molecule has 0 aliphatic heterocycles. The van der Waals surface area contributed by atoms with Gasteiger partial charge in [-0.2, -0.15) is 0 Å². The molecule has 0 spiro atoms. The molecule has 2 N–H and O–H groups in total. The number of amides is 1. The van der Waals surface area contributed by atoms with Crippen molar-refractivity contribution in [3.05, 3.63) is 33.1 Å². The number of hydrogen-bond donors (Lipinski definition) is 1. The molecule has 1 aromatic heterocycles. The van der Waals surface area contributed by atoms with Crippen LogP contribution < -0.4 is 5.73 Å². The van der Waals surface area contributed by atoms with Gasteiger partial charge in [-0.3, -0.25) is 14.9 Å². The highest BCUT2D eigenvalue weighted by atomic mass is 35.5. The van der Waals surface area contributed by atoms with Crippen LogP contribution in [-0.2, 0) is 0 Å². The lowest BCUT2D eigenvalue weighted by Crippen LogP contribution is -2.12. The van der Waals surface area contributed by atoms with Gasteiger partial charge in [-0.05, 0) is 0 Å². The first-order valence-electron chi connectivity index (χ1n) is 4.12. The number of hydrogen-bond acceptors (Lipinski definition) is 4. The Morgan fingerprint density at radius 3 is 2.53 bits per heavy atom. The van der Waals surface area contributed by atoms with Crippen molar-refractivity contribution >= 4 is 23.2 Å². The Balaban J connectivity index is 0.000000921. The van der Waals surface area contributed by atoms with E-state index in [1.54, 1.807) is 0 Å². The maximum absolute atomic E-state index is 10.7. The Labute approximate surface area is 91.2 Å². The van der Waals surface area contributed by atoms with Crippen molar-refractivity contribution in [3.63, 3.8) is 0 Å². The lowest BCUT2D eigenvalue weighted by atomic mass is 10.2. The fraction of sp³-hybridized carbons (Fsp3) is 0.250. The van der Waals surface area contributed by atoms with Gasteiger partial charge in [0.05, 0.1) is 10.5 Å². The summed E-state index contributed by atoms with van der Waals surface area (Å²) >= 11 is 5.46. The van der Waals surface area contributed by atoms with E-state index in [4.69, 9.17) is 17.3 Å². The van der Waals surface area contributed by atoms with Crippen LogP contribution in [0.1, 0.15) is 24.2 Å². The Hall–Kier alpha value is -1.69. The molecule has 1 aromatic rings. The molecule has 0 saturated carbocycles. The van der Waals surface area contributed by atoms with Gasteiger partial charge >= 0.3 is 0 Å². The number of carbonyl (C=O) groups is 1. The largest absolute Gasteiger partial charge is 0.365 e. The second kappa shape index (κ2) is 5.92. The van der Waals surface area contributed by atoms with E-state index in [2.05, 4.69) is 4.98 Å². The number of primary amides is 1. The smallest absolute Gasteiger partial charge is 0.288 e. The molecular formula is C8H10ClN3O3. The van der Waals surface area contributed by atoms with Gasteiger partial charge in [0.2, 0.25) is 0 Å². The molecule has 0 fully saturated rings. The number of pyridine rings is 1. The van der Waals surface area contributed by atoms with Crippen molar-refractivity contribution in [1.29, 1.82) is 0 Å². The highest BCUT2D eigenvalue weighted by Crippen LogP contribution is 2.18. The molecular weight excluding hydrogens is 222 g/mol. The van der Waals surface area contributed by atoms with Gasteiger partial charge in [-0.15, -0.1) is 0 Å². The predicted octanol–water partition coefficient (Wildman–Crippen LogP) is 1.77. The predicted molar refractivity (Wildman–Crippen MR) is 55.8 cm³/mol. The topological polar surface area (TPSA) is 99.1 Å². The molecule has 1 heterocycles. The van der Waals surface area contributed by atoms with E-state index in [1.807, 2.05) is 13.8 Å². The Kier molecular flexibility index (Phi) is 5.25. The van der Waals surface area contributed by atoms with E-state index in [-0.39, 0.29) is 16.4 Å². The summed E-state index contributed by atoms with van der Waals surface area (Å²) in [6.45, 7) is 4.00. The van der Waals surface area contributed by atoms with Crippen molar-refractivity contribution in [2.24, 2.45) is 5.73 Å². The van der Waals surface area contributed by atoms with Crippen LogP contribution in [0.15, 0.2) is 12.3 Å². The average Bonchev–Trinajstić information content (AvgIpc) is 2.20. The SMILES string of the molecule is CC.NC(=O)c1cc([N+](=O)[O-])cnc1Cl. The van der Waals surface area contributed by atoms with E-state index in [0.717, 1.165) is 12.3 Å². The lowest BCUT2D eigenvalue weighted by molar-refractivity contribution is -0.385. The number of nitrogens with zero attached hydrogens (tertiary/aromatic N) is 2. The van der Waals surface area contributed by atoms with Crippen LogP contribution in [0.2, 0.25) is 5.15 Å². The molecule has 7 heteroatoms. The second-order valence-corrected chi connectivity index (χ2v) is 2.51. The summed E-state index contributed by atoms with van der Waals surface area (Å²) in [6.07, 6.45) is 0.953. The number of carbonyl (C=O) groups excluding carboxylic acids is 1. The van der Waals surface area contributed by atoms with Gasteiger partial charge in [-0.25, -0.2) is 4.98 Å². The maximum Gasteiger partial charge on any atom is 0.288 e. The van der Waals surface area contributed by atoms with E-state index >= 15 is 0 Å². The Morgan fingerprint density at radius 1 is 1.60 bits per heavy atom. The highest BCUT2D eigenvalue weighted by Gasteiger charge is 2.14. The monoisotopic (exact) mass is 231 g/mol. The summed E-state index contributed by atoms with van der Waals surface area (Å²) in [5.74, 6) is -0.846. The minimum absolute atomic E-state index is 0.141. The quantitative estimate of drug-likeness (QED) is 0.476. The molecule has 1 amide bonds. The molecule has 0 bridgehead atoms. The molecule has 0 unspecified atom stereocenters. The first-order chi connectivity index (χ1) is 7.02. The number of aromatic nitrogens is 1. The fourth-order valence-electron chi connectivity index (χ4n) is 0.710. The third-order valence-corrected chi connectivity index (χ3v) is 1.60. The standard InChI is InChI=1S/C6H4ClN3O3.C2H6/c7-5-4(6(8)11)1-3(2-9-5)10(12)13;1-2/h1-2H,(H2,8,11);1-2H3. The zero-order valence-corrected chi connectivity index (χ0v) is 8.99. The van der Waals surface area contributed by atoms with E-state index < -0.39 is 10.8 Å². The van der Waals surface area contributed by atoms with Crippen molar-refractivity contribution < 1.29 is 9.72 Å². The van der Waals surface area contributed by atoms with Crippen LogP contribution >= 0.6 is 11.6 Å². The number of nitro groups is 1. The zero-order valence-electron chi connectivity index (χ0n) is 8.23. The third-order valence-electron chi connectivity index (χ3n) is 1.30. The van der Waals surface area contributed by atoms with E-state index in [9.17, 15) is 14.9 Å². The van der Waals surface area contributed by atoms with Gasteiger partial charge in [0, 0.05) is 6.07 Å². The minimum atomic E-state index is -0.846. The lowest BCUT2D eigenvalue weighted by Gasteiger charge is -1.97. The molecule has 82 valence electrons. The minimum Gasteiger partial charge on any atom is -0.365 e. The number of rotatable bonds is 2. The first-order valence-corrected chi connectivity index (χ1v) is 4.50. The fourth-order valence-corrected chi connectivity index (χ4v) is 0.906. The summed E-state index contributed by atoms with van der Waals surface area (Å²) in [6, 6.07) is 0.984. The zero-order chi connectivity index (χ0) is 12.0. The molecule has 15 heavy (non-hydrogen) atoms. The molecule has 0 aliphatic rings. The van der Waals surface area contributed by atoms with Crippen molar-refractivity contribution in [2.75, 3.05) is 0 Å². The summed E-state index contributed by atoms with van der Waals surface area (Å²) in [5.41, 5.74) is 4.42. The third kappa shape index (κ3) is 3.51. The maximum atomic E-state index is 10.7. The molecule has 0 atom stereocenters. The van der Waals surface area contributed by atoms with Crippen LogP contribution in [0.3, 0.4) is 0 Å². The van der Waals surface area contributed by atoms with Gasteiger partial charge in [0.1, 0.15) is 11.3 Å². The van der Waals surface area contributed by atoms with Gasteiger partial charge in [0.25, 0.3) is 11.6 Å². The summed E-state index contributed by atoms with van der Waals surface area (Å²) in [7, 11) is 0. The summed E-state index contributed by atoms with van der Waals surface area (Å²) in [5, 5.41) is 10.1. The van der Waals surface area contributed by atoms with Crippen LogP contribution in [-0.4, -0.2) is 15.8 Å². The van der Waals surface area contributed by atoms with E-state index in [1.165, 1.54) is 0 Å². The van der Waals surface area contributed by atoms with Gasteiger partial charge in [-0.1, -0.05) is 25.4 Å². The van der Waals surface area contributed by atoms with Crippen LogP contribution in [0.25, 0.3) is 0 Å². The van der Waals surface area contributed by atoms with Crippen LogP contribution in [0.4, 0.5) is 5.69 Å². The van der Waals surface area contributed by atoms with E-state index in [0.29, 0.717) is 0 Å². The number of nitrogens with two attached hydrogens (primary N) is 1. The van der Waals surface area contributed by atoms with Crippen LogP contribution in [0.5, 0.6) is 0 Å².